The van der Waals surface area contributed by atoms with Crippen LogP contribution in [-0.2, 0) is 4.79 Å². The fraction of sp³-hybridized carbons (Fsp3) is 0.944. The summed E-state index contributed by atoms with van der Waals surface area (Å²) in [7, 11) is 5.81. The average Bonchev–Trinajstić information content (AvgIpc) is 2.42. The lowest BCUT2D eigenvalue weighted by Crippen LogP contribution is -2.42. The van der Waals surface area contributed by atoms with Crippen molar-refractivity contribution in [3.8, 4) is 0 Å². The summed E-state index contributed by atoms with van der Waals surface area (Å²) in [4.78, 5) is 11.7. The minimum absolute atomic E-state index is 0.297. The Balaban J connectivity index is 3.14. The monoisotopic (exact) mass is 299 g/mol. The van der Waals surface area contributed by atoms with Crippen molar-refractivity contribution >= 4 is 5.91 Å². The number of hydrogen-bond donors (Lipinski definition) is 1. The van der Waals surface area contributed by atoms with E-state index in [2.05, 4.69) is 12.2 Å². The van der Waals surface area contributed by atoms with Crippen LogP contribution in [-0.4, -0.2) is 44.6 Å². The molecule has 0 atom stereocenters. The first-order chi connectivity index (χ1) is 9.98. The Morgan fingerprint density at radius 2 is 1.24 bits per heavy atom. The molecule has 0 saturated carbocycles. The number of unbranched alkanes of at least 4 members (excludes halogenated alkanes) is 9. The normalized spacial score (nSPS) is 11.8. The van der Waals surface area contributed by atoms with Crippen LogP contribution >= 0.6 is 0 Å². The van der Waals surface area contributed by atoms with Crippen molar-refractivity contribution in [3.05, 3.63) is 0 Å². The Morgan fingerprint density at radius 1 is 0.762 bits per heavy atom. The predicted octanol–water partition coefficient (Wildman–Crippen LogP) is 4.12. The summed E-state index contributed by atoms with van der Waals surface area (Å²) in [6.07, 6.45) is 14.4. The minimum atomic E-state index is 0.297. The number of quaternary nitrogens is 1. The van der Waals surface area contributed by atoms with Crippen molar-refractivity contribution in [3.63, 3.8) is 0 Å². The van der Waals surface area contributed by atoms with Gasteiger partial charge in [-0.3, -0.25) is 4.48 Å². The van der Waals surface area contributed by atoms with E-state index in [-0.39, 0.29) is 0 Å². The Hall–Kier alpha value is -0.410. The van der Waals surface area contributed by atoms with Crippen molar-refractivity contribution in [2.45, 2.75) is 77.6 Å². The first kappa shape index (κ1) is 20.6. The van der Waals surface area contributed by atoms with Crippen LogP contribution in [0.4, 0.5) is 0 Å². The molecule has 0 fully saturated rings. The Kier molecular flexibility index (Phi) is 13.0. The molecule has 0 bridgehead atoms. The highest BCUT2D eigenvalue weighted by Crippen LogP contribution is 2.10. The molecule has 1 N–H and O–H groups in total. The van der Waals surface area contributed by atoms with Gasteiger partial charge in [0, 0.05) is 6.54 Å². The van der Waals surface area contributed by atoms with E-state index in [1.807, 2.05) is 21.1 Å². The molecule has 1 amide bonds. The second kappa shape index (κ2) is 13.3. The van der Waals surface area contributed by atoms with Crippen LogP contribution in [0.5, 0.6) is 0 Å². The third-order valence-electron chi connectivity index (χ3n) is 3.97. The highest BCUT2D eigenvalue weighted by Gasteiger charge is 2.18. The summed E-state index contributed by atoms with van der Waals surface area (Å²) < 4.78 is 0.430. The minimum Gasteiger partial charge on any atom is -0.316 e. The summed E-state index contributed by atoms with van der Waals surface area (Å²) in [5.41, 5.74) is 0. The summed E-state index contributed by atoms with van der Waals surface area (Å²) in [6, 6.07) is 0. The Bertz CT molecular complexity index is 246. The van der Waals surface area contributed by atoms with Crippen molar-refractivity contribution in [1.82, 2.24) is 5.32 Å². The SMILES string of the molecule is CCCCCCCCCCCCNCCC(=O)[N+](C)(C)C. The molecule has 3 heteroatoms. The zero-order chi connectivity index (χ0) is 16.0. The second-order valence-corrected chi connectivity index (χ2v) is 7.09. The van der Waals surface area contributed by atoms with E-state index in [1.54, 1.807) is 0 Å². The molecule has 0 aliphatic heterocycles. The van der Waals surface area contributed by atoms with E-state index < -0.39 is 0 Å². The fourth-order valence-corrected chi connectivity index (χ4v) is 2.39. The topological polar surface area (TPSA) is 29.1 Å². The lowest BCUT2D eigenvalue weighted by molar-refractivity contribution is -0.792. The summed E-state index contributed by atoms with van der Waals surface area (Å²) in [5.74, 6) is 0.297. The lowest BCUT2D eigenvalue weighted by Gasteiger charge is -2.20. The van der Waals surface area contributed by atoms with E-state index in [4.69, 9.17) is 0 Å². The average molecular weight is 300 g/mol. The number of carbonyl (C=O) groups is 1. The molecule has 21 heavy (non-hydrogen) atoms. The number of hydrogen-bond acceptors (Lipinski definition) is 2. The first-order valence-corrected chi connectivity index (χ1v) is 9.04. The molecule has 126 valence electrons. The van der Waals surface area contributed by atoms with Gasteiger partial charge in [-0.05, 0) is 13.0 Å². The molecule has 0 rings (SSSR count). The third kappa shape index (κ3) is 14.3. The van der Waals surface area contributed by atoms with Gasteiger partial charge in [-0.15, -0.1) is 0 Å². The maximum Gasteiger partial charge on any atom is 0.314 e. The molecule has 0 aromatic rings. The Labute approximate surface area is 133 Å². The molecule has 3 nitrogen and oxygen atoms in total. The van der Waals surface area contributed by atoms with Crippen molar-refractivity contribution in [1.29, 1.82) is 0 Å². The standard InChI is InChI=1S/C18H39N2O/c1-5-6-7-8-9-10-11-12-13-14-16-19-17-15-18(21)20(2,3)4/h19H,5-17H2,1-4H3/q+1. The van der Waals surface area contributed by atoms with E-state index in [0.717, 1.165) is 13.1 Å². The molecule has 0 aliphatic carbocycles. The van der Waals surface area contributed by atoms with Crippen molar-refractivity contribution in [2.24, 2.45) is 0 Å². The zero-order valence-corrected chi connectivity index (χ0v) is 15.0. The van der Waals surface area contributed by atoms with E-state index >= 15 is 0 Å². The highest BCUT2D eigenvalue weighted by molar-refractivity contribution is 5.68. The van der Waals surface area contributed by atoms with Crippen LogP contribution in [0.2, 0.25) is 0 Å². The zero-order valence-electron chi connectivity index (χ0n) is 15.0. The molecule has 0 aromatic carbocycles. The van der Waals surface area contributed by atoms with Crippen LogP contribution in [0.25, 0.3) is 0 Å². The van der Waals surface area contributed by atoms with Crippen LogP contribution in [0.3, 0.4) is 0 Å². The second-order valence-electron chi connectivity index (χ2n) is 7.09. The van der Waals surface area contributed by atoms with Gasteiger partial charge in [-0.1, -0.05) is 64.7 Å². The molecule has 0 radical (unpaired) electrons. The molecule has 0 spiro atoms. The molecule has 0 aliphatic rings. The fourth-order valence-electron chi connectivity index (χ4n) is 2.39. The summed E-state index contributed by atoms with van der Waals surface area (Å²) in [5, 5.41) is 3.38. The Morgan fingerprint density at radius 3 is 1.71 bits per heavy atom. The quantitative estimate of drug-likeness (QED) is 0.386. The number of rotatable bonds is 14. The van der Waals surface area contributed by atoms with Gasteiger partial charge in [-0.2, -0.15) is 0 Å². The van der Waals surface area contributed by atoms with Gasteiger partial charge in [-0.25, -0.2) is 4.79 Å². The predicted molar refractivity (Wildman–Crippen MR) is 92.4 cm³/mol. The smallest absolute Gasteiger partial charge is 0.314 e. The van der Waals surface area contributed by atoms with Gasteiger partial charge in [0.25, 0.3) is 0 Å². The molecule has 0 saturated heterocycles. The van der Waals surface area contributed by atoms with Crippen molar-refractivity contribution in [2.75, 3.05) is 34.2 Å². The third-order valence-corrected chi connectivity index (χ3v) is 3.97. The highest BCUT2D eigenvalue weighted by atomic mass is 16.2. The molecule has 0 aromatic heterocycles. The van der Waals surface area contributed by atoms with Gasteiger partial charge >= 0.3 is 5.91 Å². The van der Waals surface area contributed by atoms with Crippen molar-refractivity contribution < 1.29 is 9.28 Å². The molecule has 0 unspecified atom stereocenters. The van der Waals surface area contributed by atoms with Crippen LogP contribution < -0.4 is 5.32 Å². The van der Waals surface area contributed by atoms with Gasteiger partial charge in [0.05, 0.1) is 27.6 Å². The maximum absolute atomic E-state index is 11.7. The van der Waals surface area contributed by atoms with Gasteiger partial charge in [0.15, 0.2) is 0 Å². The number of carbonyl (C=O) groups excluding carboxylic acids is 1. The summed E-state index contributed by atoms with van der Waals surface area (Å²) in [6.45, 7) is 4.15. The van der Waals surface area contributed by atoms with Crippen LogP contribution in [0.1, 0.15) is 77.6 Å². The number of amides is 1. The largest absolute Gasteiger partial charge is 0.316 e. The van der Waals surface area contributed by atoms with E-state index in [1.165, 1.54) is 64.2 Å². The van der Waals surface area contributed by atoms with Gasteiger partial charge < -0.3 is 5.32 Å². The number of nitrogens with one attached hydrogen (secondary N) is 1. The van der Waals surface area contributed by atoms with E-state index in [0.29, 0.717) is 16.8 Å². The summed E-state index contributed by atoms with van der Waals surface area (Å²) >= 11 is 0. The van der Waals surface area contributed by atoms with Gasteiger partial charge in [0.1, 0.15) is 0 Å². The molecular formula is C18H39N2O+. The number of nitrogens with zero attached hydrogens (tertiary/aromatic N) is 1. The first-order valence-electron chi connectivity index (χ1n) is 9.04. The molecular weight excluding hydrogens is 260 g/mol. The van der Waals surface area contributed by atoms with Gasteiger partial charge in [0.2, 0.25) is 0 Å². The van der Waals surface area contributed by atoms with E-state index in [9.17, 15) is 4.79 Å². The van der Waals surface area contributed by atoms with Crippen LogP contribution in [0.15, 0.2) is 0 Å². The lowest BCUT2D eigenvalue weighted by atomic mass is 10.1. The maximum atomic E-state index is 11.7. The van der Waals surface area contributed by atoms with Crippen LogP contribution in [0, 0.1) is 0 Å². The molecule has 0 heterocycles.